The van der Waals surface area contributed by atoms with Gasteiger partial charge >= 0.3 is 12.1 Å². The molecule has 0 unspecified atom stereocenters. The van der Waals surface area contributed by atoms with Gasteiger partial charge < -0.3 is 15.2 Å². The lowest BCUT2D eigenvalue weighted by Gasteiger charge is -2.20. The Hall–Kier alpha value is -2.87. The molecular weight excluding hydrogens is 375 g/mol. The lowest BCUT2D eigenvalue weighted by molar-refractivity contribution is -0.146. The number of rotatable bonds is 6. The van der Waals surface area contributed by atoms with Gasteiger partial charge in [0, 0.05) is 6.42 Å². The number of halogens is 3. The Kier molecular flexibility index (Phi) is 6.80. The van der Waals surface area contributed by atoms with Gasteiger partial charge in [-0.2, -0.15) is 13.2 Å². The van der Waals surface area contributed by atoms with Crippen LogP contribution >= 0.6 is 0 Å². The van der Waals surface area contributed by atoms with E-state index in [9.17, 15) is 27.9 Å². The van der Waals surface area contributed by atoms with Crippen LogP contribution in [-0.2, 0) is 26.9 Å². The number of benzene rings is 2. The Balaban J connectivity index is 2.14. The summed E-state index contributed by atoms with van der Waals surface area (Å²) in [5.74, 6) is -1.61. The maximum atomic E-state index is 12.6. The summed E-state index contributed by atoms with van der Waals surface area (Å²) in [7, 11) is 1.17. The van der Waals surface area contributed by atoms with Gasteiger partial charge in [0.2, 0.25) is 0 Å². The van der Waals surface area contributed by atoms with Gasteiger partial charge in [0.05, 0.1) is 12.7 Å². The average Bonchev–Trinajstić information content (AvgIpc) is 2.67. The lowest BCUT2D eigenvalue weighted by atomic mass is 10.0. The molecule has 0 saturated carbocycles. The van der Waals surface area contributed by atoms with Gasteiger partial charge in [-0.05, 0) is 35.7 Å². The molecule has 1 amide bonds. The molecule has 0 bridgehead atoms. The van der Waals surface area contributed by atoms with Gasteiger partial charge in [-0.25, -0.2) is 4.79 Å². The van der Waals surface area contributed by atoms with Gasteiger partial charge in [-0.1, -0.05) is 36.4 Å². The molecule has 2 aromatic carbocycles. The molecule has 0 aliphatic rings. The van der Waals surface area contributed by atoms with Gasteiger partial charge in [0.15, 0.2) is 6.10 Å². The third-order valence-corrected chi connectivity index (χ3v) is 4.29. The Bertz CT molecular complexity index is 834. The molecular formula is C20H20F3NO4. The Morgan fingerprint density at radius 1 is 1.11 bits per heavy atom. The highest BCUT2D eigenvalue weighted by Gasteiger charge is 2.31. The van der Waals surface area contributed by atoms with E-state index in [1.54, 1.807) is 12.1 Å². The molecule has 2 atom stereocenters. The molecule has 0 aliphatic carbocycles. The fraction of sp³-hybridized carbons (Fsp3) is 0.300. The second-order valence-electron chi connectivity index (χ2n) is 6.24. The number of hydrogen-bond acceptors (Lipinski definition) is 4. The molecule has 0 fully saturated rings. The molecule has 5 nitrogen and oxygen atoms in total. The Morgan fingerprint density at radius 3 is 2.25 bits per heavy atom. The number of aliphatic hydroxyl groups is 1. The quantitative estimate of drug-likeness (QED) is 0.738. The number of ether oxygens (including phenoxy) is 1. The molecule has 150 valence electrons. The van der Waals surface area contributed by atoms with Crippen molar-refractivity contribution in [3.05, 3.63) is 70.8 Å². The van der Waals surface area contributed by atoms with Crippen molar-refractivity contribution in [1.29, 1.82) is 0 Å². The second kappa shape index (κ2) is 8.88. The summed E-state index contributed by atoms with van der Waals surface area (Å²) < 4.78 is 42.6. The van der Waals surface area contributed by atoms with Crippen molar-refractivity contribution in [3.63, 3.8) is 0 Å². The van der Waals surface area contributed by atoms with E-state index in [1.807, 2.05) is 19.1 Å². The molecule has 2 aromatic rings. The van der Waals surface area contributed by atoms with Crippen molar-refractivity contribution in [1.82, 2.24) is 5.32 Å². The van der Waals surface area contributed by atoms with Gasteiger partial charge in [-0.15, -0.1) is 0 Å². The molecule has 0 aromatic heterocycles. The normalized spacial score (nSPS) is 13.5. The predicted octanol–water partition coefficient (Wildman–Crippen LogP) is 2.95. The van der Waals surface area contributed by atoms with Crippen molar-refractivity contribution >= 4 is 11.9 Å². The number of esters is 1. The predicted molar refractivity (Wildman–Crippen MR) is 95.2 cm³/mol. The number of carbonyl (C=O) groups is 2. The minimum Gasteiger partial charge on any atom is -0.467 e. The van der Waals surface area contributed by atoms with Gasteiger partial charge in [0.25, 0.3) is 5.91 Å². The van der Waals surface area contributed by atoms with Crippen LogP contribution in [0.4, 0.5) is 13.2 Å². The molecule has 8 heteroatoms. The fourth-order valence-electron chi connectivity index (χ4n) is 2.65. The third kappa shape index (κ3) is 5.32. The summed E-state index contributed by atoms with van der Waals surface area (Å²) >= 11 is 0. The first kappa shape index (κ1) is 21.4. The number of aryl methyl sites for hydroxylation is 1. The minimum absolute atomic E-state index is 0.0231. The van der Waals surface area contributed by atoms with Crippen LogP contribution in [0.1, 0.15) is 28.4 Å². The van der Waals surface area contributed by atoms with E-state index in [0.717, 1.165) is 35.4 Å². The molecule has 0 spiro atoms. The zero-order valence-corrected chi connectivity index (χ0v) is 15.3. The van der Waals surface area contributed by atoms with E-state index in [-0.39, 0.29) is 12.0 Å². The van der Waals surface area contributed by atoms with E-state index >= 15 is 0 Å². The van der Waals surface area contributed by atoms with Crippen molar-refractivity contribution in [2.45, 2.75) is 31.7 Å². The standard InChI is InChI=1S/C20H20F3NO4/c1-12-5-3-4-6-14(12)11-16(19(27)28-2)24-18(26)17(25)13-7-9-15(10-8-13)20(21,22)23/h3-10,16-17,25H,11H2,1-2H3,(H,24,26)/t16-,17-/m1/s1. The van der Waals surface area contributed by atoms with Crippen LogP contribution in [0.25, 0.3) is 0 Å². The Labute approximate surface area is 160 Å². The highest BCUT2D eigenvalue weighted by molar-refractivity contribution is 5.87. The van der Waals surface area contributed by atoms with Crippen LogP contribution in [0.15, 0.2) is 48.5 Å². The van der Waals surface area contributed by atoms with Crippen LogP contribution < -0.4 is 5.32 Å². The molecule has 0 heterocycles. The number of carbonyl (C=O) groups excluding carboxylic acids is 2. The van der Waals surface area contributed by atoms with Crippen molar-refractivity contribution in [3.8, 4) is 0 Å². The highest BCUT2D eigenvalue weighted by atomic mass is 19.4. The fourth-order valence-corrected chi connectivity index (χ4v) is 2.65. The molecule has 0 aliphatic heterocycles. The average molecular weight is 395 g/mol. The second-order valence-corrected chi connectivity index (χ2v) is 6.24. The number of nitrogens with one attached hydrogen (secondary N) is 1. The first-order valence-corrected chi connectivity index (χ1v) is 8.41. The zero-order valence-electron chi connectivity index (χ0n) is 15.3. The summed E-state index contributed by atoms with van der Waals surface area (Å²) in [6.07, 6.45) is -6.11. The number of methoxy groups -OCH3 is 1. The van der Waals surface area contributed by atoms with E-state index in [1.165, 1.54) is 7.11 Å². The molecule has 2 rings (SSSR count). The minimum atomic E-state index is -4.52. The molecule has 28 heavy (non-hydrogen) atoms. The first-order chi connectivity index (χ1) is 13.1. The Morgan fingerprint density at radius 2 is 1.71 bits per heavy atom. The third-order valence-electron chi connectivity index (χ3n) is 4.29. The number of amides is 1. The van der Waals surface area contributed by atoms with Crippen molar-refractivity contribution in [2.24, 2.45) is 0 Å². The molecule has 0 radical (unpaired) electrons. The highest BCUT2D eigenvalue weighted by Crippen LogP contribution is 2.30. The largest absolute Gasteiger partial charge is 0.467 e. The first-order valence-electron chi connectivity index (χ1n) is 8.41. The maximum Gasteiger partial charge on any atom is 0.416 e. The van der Waals surface area contributed by atoms with Crippen LogP contribution in [0.5, 0.6) is 0 Å². The van der Waals surface area contributed by atoms with E-state index in [0.29, 0.717) is 0 Å². The summed E-state index contributed by atoms with van der Waals surface area (Å²) in [4.78, 5) is 24.4. The van der Waals surface area contributed by atoms with E-state index < -0.39 is 35.8 Å². The van der Waals surface area contributed by atoms with Gasteiger partial charge in [-0.3, -0.25) is 4.79 Å². The maximum absolute atomic E-state index is 12.6. The van der Waals surface area contributed by atoms with E-state index in [2.05, 4.69) is 5.32 Å². The zero-order chi connectivity index (χ0) is 20.9. The summed E-state index contributed by atoms with van der Waals surface area (Å²) in [5.41, 5.74) is 0.803. The number of hydrogen-bond donors (Lipinski definition) is 2. The van der Waals surface area contributed by atoms with E-state index in [4.69, 9.17) is 4.74 Å². The lowest BCUT2D eigenvalue weighted by Crippen LogP contribution is -2.45. The van der Waals surface area contributed by atoms with Crippen molar-refractivity contribution < 1.29 is 32.6 Å². The summed E-state index contributed by atoms with van der Waals surface area (Å²) in [6, 6.07) is 9.79. The van der Waals surface area contributed by atoms with Crippen molar-refractivity contribution in [2.75, 3.05) is 7.11 Å². The van der Waals surface area contributed by atoms with Crippen LogP contribution in [0.2, 0.25) is 0 Å². The van der Waals surface area contributed by atoms with Crippen LogP contribution in [0, 0.1) is 6.92 Å². The summed E-state index contributed by atoms with van der Waals surface area (Å²) in [6.45, 7) is 1.85. The number of alkyl halides is 3. The van der Waals surface area contributed by atoms with Gasteiger partial charge in [0.1, 0.15) is 6.04 Å². The SMILES string of the molecule is COC(=O)[C@@H](Cc1ccccc1C)NC(=O)[C@H](O)c1ccc(C(F)(F)F)cc1. The van der Waals surface area contributed by atoms with Crippen LogP contribution in [0.3, 0.4) is 0 Å². The summed E-state index contributed by atoms with van der Waals surface area (Å²) in [5, 5.41) is 12.6. The smallest absolute Gasteiger partial charge is 0.416 e. The topological polar surface area (TPSA) is 75.6 Å². The number of aliphatic hydroxyl groups excluding tert-OH is 1. The molecule has 2 N–H and O–H groups in total. The van der Waals surface area contributed by atoms with Crippen LogP contribution in [-0.4, -0.2) is 30.1 Å². The molecule has 0 saturated heterocycles. The monoisotopic (exact) mass is 395 g/mol.